The molecule has 0 aliphatic carbocycles. The van der Waals surface area contributed by atoms with Gasteiger partial charge in [-0.25, -0.2) is 4.79 Å². The first-order valence-corrected chi connectivity index (χ1v) is 20.8. The second kappa shape index (κ2) is 19.9. The summed E-state index contributed by atoms with van der Waals surface area (Å²) in [5.74, 6) is -3.66. The predicted octanol–water partition coefficient (Wildman–Crippen LogP) is 3.29. The summed E-state index contributed by atoms with van der Waals surface area (Å²) in [6.07, 6.45) is 2.57. The molecule has 3 saturated heterocycles. The van der Waals surface area contributed by atoms with Crippen molar-refractivity contribution in [3.05, 3.63) is 24.5 Å². The molecule has 3 fully saturated rings. The van der Waals surface area contributed by atoms with Crippen molar-refractivity contribution in [2.45, 2.75) is 148 Å². The number of esters is 1. The summed E-state index contributed by atoms with van der Waals surface area (Å²) in [6.45, 7) is 14.3. The summed E-state index contributed by atoms with van der Waals surface area (Å²) in [7, 11) is 3.77. The normalized spacial score (nSPS) is 35.5. The number of ketones is 1. The van der Waals surface area contributed by atoms with E-state index >= 15 is 0 Å². The zero-order chi connectivity index (χ0) is 42.3. The number of carbonyl (C=O) groups excluding carboxylic acids is 4. The van der Waals surface area contributed by atoms with Gasteiger partial charge in [0.25, 0.3) is 0 Å². The Bertz CT molecular complexity index is 1680. The zero-order valence-electron chi connectivity index (χ0n) is 35.5. The van der Waals surface area contributed by atoms with Crippen LogP contribution in [0.25, 0.3) is 11.4 Å². The van der Waals surface area contributed by atoms with E-state index in [0.717, 1.165) is 6.29 Å². The monoisotopic (exact) mass is 812 g/mol. The van der Waals surface area contributed by atoms with Gasteiger partial charge >= 0.3 is 12.1 Å². The maximum atomic E-state index is 14.3. The molecule has 17 heteroatoms. The number of amides is 1. The molecule has 0 spiro atoms. The Kier molecular flexibility index (Phi) is 15.5. The number of hydrogen-bond donors (Lipinski definition) is 2. The summed E-state index contributed by atoms with van der Waals surface area (Å²) in [6, 6.07) is 2.51. The number of nitrogens with one attached hydrogen (secondary N) is 1. The molecule has 2 N–H and O–H groups in total. The number of rotatable bonds is 12. The van der Waals surface area contributed by atoms with Crippen molar-refractivity contribution < 1.29 is 43.2 Å². The van der Waals surface area contributed by atoms with Gasteiger partial charge < -0.3 is 39.1 Å². The van der Waals surface area contributed by atoms with Gasteiger partial charge in [-0.2, -0.15) is 5.10 Å². The minimum absolute atomic E-state index is 0.0129. The largest absolute Gasteiger partial charge is 0.458 e. The SMILES string of the molecule is CC[C@H]1OC(=O)[C@H](C)C(=O)[C@H](C)[C@@H](O[C@@H]2OC(C)CC(N(C)C)C2O)[C@@H](CC=O)C[C@@H](C)CN[C@H](C)[C@H]2N(CCCCn3cc(-c4cccnn4)nn3)C(=O)O[C@]12C. The Morgan fingerprint density at radius 3 is 2.48 bits per heavy atom. The number of aldehydes is 1. The number of aromatic nitrogens is 5. The Morgan fingerprint density at radius 2 is 1.81 bits per heavy atom. The lowest BCUT2D eigenvalue weighted by Gasteiger charge is -2.44. The van der Waals surface area contributed by atoms with E-state index in [1.807, 2.05) is 52.0 Å². The first-order chi connectivity index (χ1) is 27.6. The minimum Gasteiger partial charge on any atom is -0.458 e. The number of aryl methyl sites for hydroxylation is 1. The number of unbranched alkanes of at least 4 members (excludes halogenated alkanes) is 1. The maximum Gasteiger partial charge on any atom is 0.410 e. The van der Waals surface area contributed by atoms with E-state index < -0.39 is 71.8 Å². The molecule has 322 valence electrons. The topological polar surface area (TPSA) is 200 Å². The van der Waals surface area contributed by atoms with Gasteiger partial charge in [0, 0.05) is 43.7 Å². The van der Waals surface area contributed by atoms with Gasteiger partial charge in [-0.3, -0.25) is 19.2 Å². The van der Waals surface area contributed by atoms with Crippen LogP contribution in [-0.4, -0.2) is 146 Å². The molecule has 17 nitrogen and oxygen atoms in total. The lowest BCUT2D eigenvalue weighted by molar-refractivity contribution is -0.278. The molecule has 3 unspecified atom stereocenters. The molecular formula is C41H64N8O9. The number of cyclic esters (lactones) is 1. The van der Waals surface area contributed by atoms with Crippen molar-refractivity contribution in [2.75, 3.05) is 27.2 Å². The zero-order valence-corrected chi connectivity index (χ0v) is 35.5. The first-order valence-electron chi connectivity index (χ1n) is 20.8. The molecule has 13 atom stereocenters. The molecule has 5 heterocycles. The Hall–Kier alpha value is -3.90. The van der Waals surface area contributed by atoms with Gasteiger partial charge in [0.15, 0.2) is 17.7 Å². The fraction of sp³-hybridized carbons (Fsp3) is 0.756. The van der Waals surface area contributed by atoms with Crippen LogP contribution in [0.15, 0.2) is 24.5 Å². The van der Waals surface area contributed by atoms with Crippen molar-refractivity contribution in [1.82, 2.24) is 40.3 Å². The van der Waals surface area contributed by atoms with E-state index in [2.05, 4.69) is 32.7 Å². The van der Waals surface area contributed by atoms with Crippen LogP contribution in [0, 0.1) is 23.7 Å². The number of ether oxygens (including phenoxy) is 4. The number of likely N-dealkylation sites (N-methyl/N-ethyl adjacent to an activating group) is 1. The van der Waals surface area contributed by atoms with E-state index in [1.54, 1.807) is 35.7 Å². The summed E-state index contributed by atoms with van der Waals surface area (Å²) in [4.78, 5) is 57.8. The number of aliphatic hydroxyl groups excluding tert-OH is 1. The summed E-state index contributed by atoms with van der Waals surface area (Å²) < 4.78 is 26.8. The van der Waals surface area contributed by atoms with Crippen LogP contribution >= 0.6 is 0 Å². The van der Waals surface area contributed by atoms with E-state index in [0.29, 0.717) is 63.1 Å². The van der Waals surface area contributed by atoms with Crippen molar-refractivity contribution in [3.63, 3.8) is 0 Å². The van der Waals surface area contributed by atoms with Crippen LogP contribution in [0.3, 0.4) is 0 Å². The van der Waals surface area contributed by atoms with Gasteiger partial charge in [0.05, 0.1) is 24.4 Å². The van der Waals surface area contributed by atoms with Crippen molar-refractivity contribution in [2.24, 2.45) is 23.7 Å². The lowest BCUT2D eigenvalue weighted by Crippen LogP contribution is -2.60. The maximum absolute atomic E-state index is 14.3. The molecule has 3 aliphatic rings. The highest BCUT2D eigenvalue weighted by Crippen LogP contribution is 2.39. The number of hydrogen-bond acceptors (Lipinski definition) is 15. The third-order valence-corrected chi connectivity index (χ3v) is 12.3. The Labute approximate surface area is 341 Å². The van der Waals surface area contributed by atoms with Crippen LogP contribution in [-0.2, 0) is 39.9 Å². The van der Waals surface area contributed by atoms with Gasteiger partial charge in [-0.1, -0.05) is 26.0 Å². The first kappa shape index (κ1) is 45.2. The molecule has 0 radical (unpaired) electrons. The van der Waals surface area contributed by atoms with Crippen LogP contribution in [0.5, 0.6) is 0 Å². The highest BCUT2D eigenvalue weighted by molar-refractivity contribution is 6.00. The standard InChI is InChI=1S/C41H64N8O9/c1-10-33-41(7)37(49(40(54)58-41)18-12-11-17-48-23-31(45-46-48)30-14-13-16-43-44-30)28(6)42-22-24(2)20-29(15-19-50)36(26(4)34(51)27(5)38(53)56-33)57-39-35(52)32(47(8)9)21-25(3)55-39/h13-14,16,19,23-29,32-33,35-37,39,42,52H,10-12,15,17-18,20-22H2,1-9H3/t24-,25?,26+,27-,28-,29+,32?,33-,35?,36-,37-,39+,41-/m1/s1. The molecular weight excluding hydrogens is 748 g/mol. The quantitative estimate of drug-likeness (QED) is 0.137. The third kappa shape index (κ3) is 10.3. The summed E-state index contributed by atoms with van der Waals surface area (Å²) in [5.41, 5.74) is -0.00220. The molecule has 2 aromatic rings. The van der Waals surface area contributed by atoms with Crippen molar-refractivity contribution in [3.8, 4) is 11.4 Å². The molecule has 2 aromatic heterocycles. The minimum atomic E-state index is -1.25. The summed E-state index contributed by atoms with van der Waals surface area (Å²) >= 11 is 0. The average molecular weight is 813 g/mol. The van der Waals surface area contributed by atoms with Crippen molar-refractivity contribution in [1.29, 1.82) is 0 Å². The molecule has 58 heavy (non-hydrogen) atoms. The van der Waals surface area contributed by atoms with E-state index in [1.165, 1.54) is 6.92 Å². The number of Topliss-reactive ketones (excluding diaryl/α,β-unsaturated/α-hetero) is 1. The lowest BCUT2D eigenvalue weighted by atomic mass is 9.79. The van der Waals surface area contributed by atoms with Gasteiger partial charge in [-0.15, -0.1) is 10.2 Å². The Balaban J connectivity index is 1.37. The fourth-order valence-electron chi connectivity index (χ4n) is 9.06. The number of carbonyl (C=O) groups is 4. The van der Waals surface area contributed by atoms with Crippen LogP contribution in [0.1, 0.15) is 87.0 Å². The van der Waals surface area contributed by atoms with E-state index in [9.17, 15) is 24.3 Å². The second-order valence-corrected chi connectivity index (χ2v) is 17.0. The molecule has 0 saturated carbocycles. The van der Waals surface area contributed by atoms with Gasteiger partial charge in [0.2, 0.25) is 0 Å². The third-order valence-electron chi connectivity index (χ3n) is 12.3. The van der Waals surface area contributed by atoms with Gasteiger partial charge in [0.1, 0.15) is 35.8 Å². The number of aliphatic hydroxyl groups is 1. The highest BCUT2D eigenvalue weighted by atomic mass is 16.7. The van der Waals surface area contributed by atoms with Crippen LogP contribution in [0.4, 0.5) is 4.79 Å². The molecule has 1 amide bonds. The average Bonchev–Trinajstić information content (AvgIpc) is 3.78. The van der Waals surface area contributed by atoms with E-state index in [-0.39, 0.29) is 30.5 Å². The number of nitrogens with zero attached hydrogens (tertiary/aromatic N) is 7. The summed E-state index contributed by atoms with van der Waals surface area (Å²) in [5, 5.41) is 31.5. The molecule has 0 bridgehead atoms. The molecule has 0 aromatic carbocycles. The van der Waals surface area contributed by atoms with Crippen LogP contribution in [0.2, 0.25) is 0 Å². The smallest absolute Gasteiger partial charge is 0.410 e. The fourth-order valence-corrected chi connectivity index (χ4v) is 9.06. The van der Waals surface area contributed by atoms with Crippen molar-refractivity contribution >= 4 is 24.1 Å². The molecule has 5 rings (SSSR count). The van der Waals surface area contributed by atoms with Gasteiger partial charge in [-0.05, 0) is 104 Å². The second-order valence-electron chi connectivity index (χ2n) is 17.0. The molecule has 3 aliphatic heterocycles. The highest BCUT2D eigenvalue weighted by Gasteiger charge is 2.58. The van der Waals surface area contributed by atoms with E-state index in [4.69, 9.17) is 18.9 Å². The number of fused-ring (bicyclic) bond motifs is 1. The van der Waals surface area contributed by atoms with Crippen LogP contribution < -0.4 is 5.32 Å². The Morgan fingerprint density at radius 1 is 1.07 bits per heavy atom. The predicted molar refractivity (Wildman–Crippen MR) is 212 cm³/mol.